The Bertz CT molecular complexity index is 1250. The largest absolute Gasteiger partial charge is 0.330 e. The Balaban J connectivity index is 1.64. The minimum Gasteiger partial charge on any atom is -0.330 e. The average Bonchev–Trinajstić information content (AvgIpc) is 3.03. The lowest BCUT2D eigenvalue weighted by Gasteiger charge is -2.35. The third-order valence-corrected chi connectivity index (χ3v) is 7.08. The van der Waals surface area contributed by atoms with Crippen LogP contribution in [0.5, 0.6) is 0 Å². The zero-order chi connectivity index (χ0) is 21.6. The predicted molar refractivity (Wildman–Crippen MR) is 112 cm³/mol. The molecule has 1 amide bonds. The minimum atomic E-state index is -3.93. The molecule has 11 heteroatoms. The SMILES string of the molecule is CN1[C@@H](C(=O)Nc2ccc(F)c(Cl)c2)C[C@@H](c2nc3ccccc3n2C)NS1(=O)=O. The zero-order valence-corrected chi connectivity index (χ0v) is 17.7. The molecule has 1 aliphatic rings. The first kappa shape index (κ1) is 20.7. The Morgan fingerprint density at radius 3 is 2.70 bits per heavy atom. The molecule has 0 spiro atoms. The number of aryl methyl sites for hydroxylation is 1. The molecule has 2 heterocycles. The fraction of sp³-hybridized carbons (Fsp3) is 0.263. The summed E-state index contributed by atoms with van der Waals surface area (Å²) < 4.78 is 44.1. The third-order valence-electron chi connectivity index (χ3n) is 5.19. The van der Waals surface area contributed by atoms with Crippen molar-refractivity contribution in [3.8, 4) is 0 Å². The second-order valence-electron chi connectivity index (χ2n) is 7.08. The molecule has 1 fully saturated rings. The van der Waals surface area contributed by atoms with E-state index >= 15 is 0 Å². The number of fused-ring (bicyclic) bond motifs is 1. The van der Waals surface area contributed by atoms with E-state index in [9.17, 15) is 17.6 Å². The lowest BCUT2D eigenvalue weighted by atomic mass is 10.1. The highest BCUT2D eigenvalue weighted by atomic mass is 35.5. The van der Waals surface area contributed by atoms with E-state index in [1.807, 2.05) is 28.8 Å². The number of hydrogen-bond donors (Lipinski definition) is 2. The van der Waals surface area contributed by atoms with Crippen molar-refractivity contribution < 1.29 is 17.6 Å². The van der Waals surface area contributed by atoms with Crippen molar-refractivity contribution in [1.82, 2.24) is 18.6 Å². The van der Waals surface area contributed by atoms with E-state index in [1.165, 1.54) is 19.2 Å². The molecule has 0 aliphatic carbocycles. The number of carbonyl (C=O) groups is 1. The Kier molecular flexibility index (Phi) is 5.27. The Hall–Kier alpha value is -2.53. The van der Waals surface area contributed by atoms with Crippen molar-refractivity contribution in [1.29, 1.82) is 0 Å². The van der Waals surface area contributed by atoms with E-state index in [4.69, 9.17) is 11.6 Å². The first-order valence-electron chi connectivity index (χ1n) is 9.10. The molecule has 0 bridgehead atoms. The van der Waals surface area contributed by atoms with Crippen LogP contribution in [-0.4, -0.2) is 41.3 Å². The molecule has 3 aromatic rings. The highest BCUT2D eigenvalue weighted by molar-refractivity contribution is 7.87. The standard InChI is InChI=1S/C19H19ClFN5O3S/c1-25-16-6-4-3-5-14(16)23-18(25)15-10-17(26(2)30(28,29)24-15)19(27)22-11-7-8-13(21)12(20)9-11/h3-9,15,17,24H,10H2,1-2H3,(H,22,27)/t15-,17+/m0/s1. The summed E-state index contributed by atoms with van der Waals surface area (Å²) >= 11 is 5.76. The minimum absolute atomic E-state index is 0.142. The van der Waals surface area contributed by atoms with Gasteiger partial charge in [0.25, 0.3) is 10.2 Å². The van der Waals surface area contributed by atoms with Gasteiger partial charge in [0.2, 0.25) is 5.91 Å². The molecule has 1 aromatic heterocycles. The van der Waals surface area contributed by atoms with Crippen molar-refractivity contribution in [2.75, 3.05) is 12.4 Å². The van der Waals surface area contributed by atoms with Crippen molar-refractivity contribution >= 4 is 44.4 Å². The number of likely N-dealkylation sites (N-methyl/N-ethyl adjacent to an activating group) is 1. The van der Waals surface area contributed by atoms with Gasteiger partial charge in [0.1, 0.15) is 17.7 Å². The van der Waals surface area contributed by atoms with Crippen LogP contribution in [0.1, 0.15) is 18.3 Å². The monoisotopic (exact) mass is 451 g/mol. The van der Waals surface area contributed by atoms with Crippen LogP contribution >= 0.6 is 11.6 Å². The fourth-order valence-corrected chi connectivity index (χ4v) is 4.98. The molecular formula is C19H19ClFN5O3S. The van der Waals surface area contributed by atoms with Gasteiger partial charge in [-0.3, -0.25) is 4.79 Å². The Morgan fingerprint density at radius 1 is 1.27 bits per heavy atom. The summed E-state index contributed by atoms with van der Waals surface area (Å²) in [6.45, 7) is 0. The number of para-hydroxylation sites is 2. The molecule has 1 saturated heterocycles. The van der Waals surface area contributed by atoms with Gasteiger partial charge < -0.3 is 9.88 Å². The number of hydrogen-bond acceptors (Lipinski definition) is 4. The van der Waals surface area contributed by atoms with E-state index in [0.29, 0.717) is 5.82 Å². The van der Waals surface area contributed by atoms with Crippen molar-refractivity contribution in [3.05, 3.63) is 59.1 Å². The molecule has 2 aromatic carbocycles. The number of benzene rings is 2. The smallest absolute Gasteiger partial charge is 0.280 e. The van der Waals surface area contributed by atoms with Gasteiger partial charge in [-0.15, -0.1) is 0 Å². The second kappa shape index (κ2) is 7.62. The fourth-order valence-electron chi connectivity index (χ4n) is 3.56. The van der Waals surface area contributed by atoms with Gasteiger partial charge in [0, 0.05) is 19.8 Å². The maximum atomic E-state index is 13.4. The number of aromatic nitrogens is 2. The van der Waals surface area contributed by atoms with Crippen LogP contribution in [-0.2, 0) is 22.1 Å². The van der Waals surface area contributed by atoms with Crippen molar-refractivity contribution in [3.63, 3.8) is 0 Å². The molecule has 30 heavy (non-hydrogen) atoms. The predicted octanol–water partition coefficient (Wildman–Crippen LogP) is 2.58. The Morgan fingerprint density at radius 2 is 2.00 bits per heavy atom. The topological polar surface area (TPSA) is 96.3 Å². The van der Waals surface area contributed by atoms with Crippen LogP contribution < -0.4 is 10.0 Å². The lowest BCUT2D eigenvalue weighted by Crippen LogP contribution is -2.56. The number of amides is 1. The molecule has 0 saturated carbocycles. The summed E-state index contributed by atoms with van der Waals surface area (Å²) in [5.41, 5.74) is 1.86. The first-order valence-corrected chi connectivity index (χ1v) is 10.9. The van der Waals surface area contributed by atoms with Gasteiger partial charge in [0.15, 0.2) is 0 Å². The van der Waals surface area contributed by atoms with Crippen molar-refractivity contribution in [2.45, 2.75) is 18.5 Å². The number of nitrogens with one attached hydrogen (secondary N) is 2. The average molecular weight is 452 g/mol. The van der Waals surface area contributed by atoms with Crippen molar-refractivity contribution in [2.24, 2.45) is 7.05 Å². The molecule has 8 nitrogen and oxygen atoms in total. The highest BCUT2D eigenvalue weighted by Gasteiger charge is 2.42. The van der Waals surface area contributed by atoms with Gasteiger partial charge >= 0.3 is 0 Å². The summed E-state index contributed by atoms with van der Waals surface area (Å²) in [6, 6.07) is 9.51. The highest BCUT2D eigenvalue weighted by Crippen LogP contribution is 2.30. The quantitative estimate of drug-likeness (QED) is 0.639. The van der Waals surface area contributed by atoms with Crippen LogP contribution in [0.25, 0.3) is 11.0 Å². The molecule has 1 aliphatic heterocycles. The van der Waals surface area contributed by atoms with Crippen LogP contribution in [0.3, 0.4) is 0 Å². The second-order valence-corrected chi connectivity index (χ2v) is 9.25. The molecule has 0 unspecified atom stereocenters. The number of imidazole rings is 1. The van der Waals surface area contributed by atoms with Crippen LogP contribution in [0.15, 0.2) is 42.5 Å². The summed E-state index contributed by atoms with van der Waals surface area (Å²) in [4.78, 5) is 17.4. The number of carbonyl (C=O) groups excluding carboxylic acids is 1. The number of halogens is 2. The molecule has 0 radical (unpaired) electrons. The Labute approximate surface area is 177 Å². The van der Waals surface area contributed by atoms with Crippen LogP contribution in [0, 0.1) is 5.82 Å². The van der Waals surface area contributed by atoms with Gasteiger partial charge in [-0.2, -0.15) is 17.4 Å². The summed E-state index contributed by atoms with van der Waals surface area (Å²) in [6.07, 6.45) is 0.160. The van der Waals surface area contributed by atoms with Crippen LogP contribution in [0.4, 0.5) is 10.1 Å². The maximum Gasteiger partial charge on any atom is 0.280 e. The molecule has 158 valence electrons. The molecule has 2 N–H and O–H groups in total. The van der Waals surface area contributed by atoms with E-state index in [1.54, 1.807) is 7.05 Å². The van der Waals surface area contributed by atoms with Gasteiger partial charge in [0.05, 0.1) is 22.1 Å². The number of rotatable bonds is 3. The summed E-state index contributed by atoms with van der Waals surface area (Å²) in [5.74, 6) is -0.650. The zero-order valence-electron chi connectivity index (χ0n) is 16.1. The van der Waals surface area contributed by atoms with Gasteiger partial charge in [-0.1, -0.05) is 23.7 Å². The van der Waals surface area contributed by atoms with E-state index in [0.717, 1.165) is 21.4 Å². The normalized spacial score (nSPS) is 21.6. The van der Waals surface area contributed by atoms with E-state index < -0.39 is 34.0 Å². The molecule has 4 rings (SSSR count). The lowest BCUT2D eigenvalue weighted by molar-refractivity contribution is -0.120. The molecule has 2 atom stereocenters. The first-order chi connectivity index (χ1) is 14.2. The van der Waals surface area contributed by atoms with E-state index in [-0.39, 0.29) is 17.1 Å². The van der Waals surface area contributed by atoms with E-state index in [2.05, 4.69) is 15.0 Å². The number of nitrogens with zero attached hydrogens (tertiary/aromatic N) is 3. The van der Waals surface area contributed by atoms with Gasteiger partial charge in [-0.25, -0.2) is 9.37 Å². The third kappa shape index (κ3) is 3.67. The maximum absolute atomic E-state index is 13.4. The summed E-state index contributed by atoms with van der Waals surface area (Å²) in [5, 5.41) is 2.47. The number of anilines is 1. The van der Waals surface area contributed by atoms with Crippen LogP contribution in [0.2, 0.25) is 5.02 Å². The van der Waals surface area contributed by atoms with Gasteiger partial charge in [-0.05, 0) is 36.8 Å². The molecular weight excluding hydrogens is 433 g/mol. The summed E-state index contributed by atoms with van der Waals surface area (Å²) in [7, 11) is -0.804.